The Labute approximate surface area is 56.7 Å². The maximum absolute atomic E-state index is 10.0. The number of hydrogen-bond donors (Lipinski definition) is 0. The molecule has 0 amide bonds. The normalized spacial score (nSPS) is 8.00. The minimum atomic E-state index is -0.213. The van der Waals surface area contributed by atoms with Gasteiger partial charge in [-0.25, -0.2) is 0 Å². The van der Waals surface area contributed by atoms with E-state index in [1.165, 1.54) is 6.92 Å². The molecule has 0 aliphatic rings. The van der Waals surface area contributed by atoms with Gasteiger partial charge in [0, 0.05) is 6.92 Å². The second kappa shape index (κ2) is 4.97. The van der Waals surface area contributed by atoms with Gasteiger partial charge in [0.1, 0.15) is 0 Å². The van der Waals surface area contributed by atoms with Crippen molar-refractivity contribution >= 4 is 19.5 Å². The van der Waals surface area contributed by atoms with Crippen LogP contribution in [0.2, 0.25) is 0 Å². The van der Waals surface area contributed by atoms with Crippen LogP contribution in [0.1, 0.15) is 20.8 Å². The number of rotatable bonds is 1. The molecule has 8 heavy (non-hydrogen) atoms. The van der Waals surface area contributed by atoms with Gasteiger partial charge in [-0.1, -0.05) is 0 Å². The van der Waals surface area contributed by atoms with Gasteiger partial charge < -0.3 is 4.74 Å². The first-order chi connectivity index (χ1) is 3.13. The molecule has 0 bridgehead atoms. The predicted molar refractivity (Wildman–Crippen MR) is 37.3 cm³/mol. The monoisotopic (exact) mass is 136 g/mol. The summed E-state index contributed by atoms with van der Waals surface area (Å²) in [6.07, 6.45) is 0.0255. The number of carbonyl (C=O) groups excluding carboxylic acids is 1. The van der Waals surface area contributed by atoms with Crippen molar-refractivity contribution in [2.24, 2.45) is 0 Å². The lowest BCUT2D eigenvalue weighted by Gasteiger charge is -2.01. The van der Waals surface area contributed by atoms with Crippen molar-refractivity contribution in [3.63, 3.8) is 0 Å². The van der Waals surface area contributed by atoms with E-state index in [9.17, 15) is 4.79 Å². The zero-order chi connectivity index (χ0) is 5.86. The zero-order valence-corrected chi connectivity index (χ0v) is 6.39. The molecule has 0 aromatic carbocycles. The van der Waals surface area contributed by atoms with Crippen LogP contribution in [0.4, 0.5) is 0 Å². The van der Waals surface area contributed by atoms with Crippen LogP contribution in [0.5, 0.6) is 0 Å². The van der Waals surface area contributed by atoms with Crippen LogP contribution in [-0.4, -0.2) is 12.1 Å². The van der Waals surface area contributed by atoms with Crippen LogP contribution in [0.3, 0.4) is 0 Å². The number of ether oxygens (including phenoxy) is 1. The van der Waals surface area contributed by atoms with E-state index >= 15 is 0 Å². The van der Waals surface area contributed by atoms with E-state index in [0.29, 0.717) is 0 Å². The van der Waals surface area contributed by atoms with Gasteiger partial charge in [0.05, 0.1) is 6.10 Å². The van der Waals surface area contributed by atoms with Crippen molar-refractivity contribution < 1.29 is 9.53 Å². The molecule has 0 rings (SSSR count). The molecule has 0 saturated heterocycles. The molecule has 0 unspecified atom stereocenters. The fourth-order valence-electron chi connectivity index (χ4n) is 0.332. The van der Waals surface area contributed by atoms with Gasteiger partial charge in [0.15, 0.2) is 0 Å². The molecule has 0 radical (unpaired) electrons. The number of esters is 1. The summed E-state index contributed by atoms with van der Waals surface area (Å²) in [7, 11) is 0. The summed E-state index contributed by atoms with van der Waals surface area (Å²) in [5.74, 6) is -0.213. The topological polar surface area (TPSA) is 26.3 Å². The highest BCUT2D eigenvalue weighted by molar-refractivity contribution is 7.59. The summed E-state index contributed by atoms with van der Waals surface area (Å²) in [4.78, 5) is 10.0. The third-order valence-electron chi connectivity index (χ3n) is 0.402. The zero-order valence-electron chi connectivity index (χ0n) is 5.39. The fourth-order valence-corrected chi connectivity index (χ4v) is 0.332. The van der Waals surface area contributed by atoms with Crippen molar-refractivity contribution in [3.8, 4) is 0 Å². The predicted octanol–water partition coefficient (Wildman–Crippen LogP) is 1.07. The molecule has 2 nitrogen and oxygen atoms in total. The minimum absolute atomic E-state index is 0. The first-order valence-electron chi connectivity index (χ1n) is 2.30. The molecular weight excluding hydrogens is 124 g/mol. The summed E-state index contributed by atoms with van der Waals surface area (Å²) in [6.45, 7) is 5.04. The van der Waals surface area contributed by atoms with Gasteiger partial charge in [-0.05, 0) is 13.8 Å². The third kappa shape index (κ3) is 9.27. The van der Waals surface area contributed by atoms with E-state index in [2.05, 4.69) is 4.74 Å². The van der Waals surface area contributed by atoms with E-state index in [-0.39, 0.29) is 25.6 Å². The smallest absolute Gasteiger partial charge is 0.302 e. The first kappa shape index (κ1) is 10.7. The highest BCUT2D eigenvalue weighted by Gasteiger charge is 1.93. The Morgan fingerprint density at radius 2 is 1.88 bits per heavy atom. The van der Waals surface area contributed by atoms with Crippen molar-refractivity contribution in [1.29, 1.82) is 0 Å². The molecule has 0 N–H and O–H groups in total. The van der Waals surface area contributed by atoms with Crippen LogP contribution in [0, 0.1) is 0 Å². The van der Waals surface area contributed by atoms with Crippen LogP contribution in [-0.2, 0) is 9.53 Å². The van der Waals surface area contributed by atoms with Crippen molar-refractivity contribution in [2.45, 2.75) is 26.9 Å². The number of hydrogen-bond acceptors (Lipinski definition) is 2. The lowest BCUT2D eigenvalue weighted by molar-refractivity contribution is -0.144. The van der Waals surface area contributed by atoms with Gasteiger partial charge in [-0.3, -0.25) is 4.79 Å². The SMILES string of the molecule is CC(=O)OC(C)C.S. The van der Waals surface area contributed by atoms with Gasteiger partial charge in [0.2, 0.25) is 0 Å². The molecule has 0 heterocycles. The summed E-state index contributed by atoms with van der Waals surface area (Å²) >= 11 is 0. The standard InChI is InChI=1S/C5H10O2.H2S/c1-4(2)7-5(3)6;/h4H,1-3H3;1H2. The third-order valence-corrected chi connectivity index (χ3v) is 0.402. The van der Waals surface area contributed by atoms with Crippen LogP contribution in [0.25, 0.3) is 0 Å². The average molecular weight is 136 g/mol. The minimum Gasteiger partial charge on any atom is -0.463 e. The van der Waals surface area contributed by atoms with Gasteiger partial charge in [0.25, 0.3) is 0 Å². The summed E-state index contributed by atoms with van der Waals surface area (Å²) in [6, 6.07) is 0. The highest BCUT2D eigenvalue weighted by Crippen LogP contribution is 1.85. The van der Waals surface area contributed by atoms with Crippen molar-refractivity contribution in [2.75, 3.05) is 0 Å². The van der Waals surface area contributed by atoms with E-state index in [1.54, 1.807) is 0 Å². The molecule has 0 aromatic rings. The van der Waals surface area contributed by atoms with Crippen LogP contribution >= 0.6 is 13.5 Å². The Morgan fingerprint density at radius 1 is 1.50 bits per heavy atom. The average Bonchev–Trinajstić information content (AvgIpc) is 1.27. The largest absolute Gasteiger partial charge is 0.463 e. The Bertz CT molecular complexity index is 70.8. The summed E-state index contributed by atoms with van der Waals surface area (Å²) in [5, 5.41) is 0. The van der Waals surface area contributed by atoms with Crippen LogP contribution < -0.4 is 0 Å². The van der Waals surface area contributed by atoms with Crippen molar-refractivity contribution in [1.82, 2.24) is 0 Å². The lowest BCUT2D eigenvalue weighted by atomic mass is 10.5. The van der Waals surface area contributed by atoms with Gasteiger partial charge in [-0.15, -0.1) is 0 Å². The Hall–Kier alpha value is -0.180. The van der Waals surface area contributed by atoms with E-state index in [4.69, 9.17) is 0 Å². The maximum atomic E-state index is 10.0. The Morgan fingerprint density at radius 3 is 1.88 bits per heavy atom. The molecule has 0 fully saturated rings. The molecule has 0 aliphatic carbocycles. The van der Waals surface area contributed by atoms with E-state index in [1.807, 2.05) is 13.8 Å². The number of carbonyl (C=O) groups is 1. The molecule has 0 spiro atoms. The Balaban J connectivity index is 0. The second-order valence-electron chi connectivity index (χ2n) is 1.66. The molecule has 0 atom stereocenters. The van der Waals surface area contributed by atoms with Gasteiger partial charge >= 0.3 is 5.97 Å². The Kier molecular flexibility index (Phi) is 6.67. The fraction of sp³-hybridized carbons (Fsp3) is 0.800. The molecule has 50 valence electrons. The van der Waals surface area contributed by atoms with Crippen LogP contribution in [0.15, 0.2) is 0 Å². The summed E-state index contributed by atoms with van der Waals surface area (Å²) < 4.78 is 4.61. The van der Waals surface area contributed by atoms with E-state index < -0.39 is 0 Å². The summed E-state index contributed by atoms with van der Waals surface area (Å²) in [5.41, 5.74) is 0. The van der Waals surface area contributed by atoms with Gasteiger partial charge in [-0.2, -0.15) is 13.5 Å². The molecule has 3 heteroatoms. The van der Waals surface area contributed by atoms with Crippen molar-refractivity contribution in [3.05, 3.63) is 0 Å². The van der Waals surface area contributed by atoms with E-state index in [0.717, 1.165) is 0 Å². The quantitative estimate of drug-likeness (QED) is 0.504. The lowest BCUT2D eigenvalue weighted by Crippen LogP contribution is -2.06. The molecule has 0 saturated carbocycles. The molecular formula is C5H12O2S. The molecule has 0 aliphatic heterocycles. The second-order valence-corrected chi connectivity index (χ2v) is 1.66. The highest BCUT2D eigenvalue weighted by atomic mass is 32.1. The molecule has 0 aromatic heterocycles. The maximum Gasteiger partial charge on any atom is 0.302 e. The first-order valence-corrected chi connectivity index (χ1v) is 2.30.